The second kappa shape index (κ2) is 6.20. The number of carbonyl (C=O) groups is 1. The van der Waals surface area contributed by atoms with Gasteiger partial charge in [-0.3, -0.25) is 4.79 Å². The fraction of sp³-hybridized carbons (Fsp3) is 0.316. The van der Waals surface area contributed by atoms with Gasteiger partial charge in [-0.1, -0.05) is 18.2 Å². The molecular weight excluding hydrogens is 316 g/mol. The van der Waals surface area contributed by atoms with Gasteiger partial charge in [0, 0.05) is 35.3 Å². The third-order valence-electron chi connectivity index (χ3n) is 4.43. The number of hydrogen-bond acceptors (Lipinski definition) is 4. The number of aryl methyl sites for hydroxylation is 2. The van der Waals surface area contributed by atoms with Gasteiger partial charge < -0.3 is 14.6 Å². The van der Waals surface area contributed by atoms with Crippen molar-refractivity contribution in [2.24, 2.45) is 0 Å². The van der Waals surface area contributed by atoms with Crippen molar-refractivity contribution in [3.8, 4) is 6.01 Å². The van der Waals surface area contributed by atoms with Crippen LogP contribution in [-0.2, 0) is 0 Å². The van der Waals surface area contributed by atoms with E-state index in [0.29, 0.717) is 24.8 Å². The van der Waals surface area contributed by atoms with Gasteiger partial charge in [0.25, 0.3) is 5.91 Å². The molecule has 1 aromatic carbocycles. The van der Waals surface area contributed by atoms with E-state index in [0.717, 1.165) is 28.7 Å². The summed E-state index contributed by atoms with van der Waals surface area (Å²) >= 11 is 0. The molecule has 0 aliphatic carbocycles. The molecule has 3 aromatic rings. The Morgan fingerprint density at radius 3 is 2.72 bits per heavy atom. The highest BCUT2D eigenvalue weighted by molar-refractivity contribution is 5.98. The van der Waals surface area contributed by atoms with E-state index in [9.17, 15) is 4.79 Å². The fourth-order valence-corrected chi connectivity index (χ4v) is 3.26. The van der Waals surface area contributed by atoms with Crippen LogP contribution in [0.3, 0.4) is 0 Å². The summed E-state index contributed by atoms with van der Waals surface area (Å²) in [6.07, 6.45) is 0.706. The molecule has 1 saturated heterocycles. The molecule has 0 spiro atoms. The number of aromatic amines is 1. The Bertz CT molecular complexity index is 881. The van der Waals surface area contributed by atoms with E-state index in [1.165, 1.54) is 0 Å². The molecule has 1 aliphatic rings. The summed E-state index contributed by atoms with van der Waals surface area (Å²) < 4.78 is 5.89. The first-order valence-corrected chi connectivity index (χ1v) is 8.44. The number of amides is 1. The zero-order valence-electron chi connectivity index (χ0n) is 14.3. The third kappa shape index (κ3) is 3.20. The summed E-state index contributed by atoms with van der Waals surface area (Å²) in [7, 11) is 0. The molecule has 1 atom stereocenters. The van der Waals surface area contributed by atoms with Gasteiger partial charge >= 0.3 is 6.01 Å². The minimum absolute atomic E-state index is 0.00337. The molecule has 25 heavy (non-hydrogen) atoms. The Balaban J connectivity index is 1.45. The minimum Gasteiger partial charge on any atom is -0.458 e. The van der Waals surface area contributed by atoms with Gasteiger partial charge in [0.05, 0.1) is 6.54 Å². The predicted molar refractivity (Wildman–Crippen MR) is 94.7 cm³/mol. The SMILES string of the molecule is Cc1cc(C)nc(OC2CCN(C(=O)c3cc4ccccc4[nH]3)C2)n1. The molecule has 3 heterocycles. The fourth-order valence-electron chi connectivity index (χ4n) is 3.26. The number of para-hydroxylation sites is 1. The number of carbonyl (C=O) groups excluding carboxylic acids is 1. The van der Waals surface area contributed by atoms with Crippen LogP contribution in [0.2, 0.25) is 0 Å². The summed E-state index contributed by atoms with van der Waals surface area (Å²) in [5, 5.41) is 1.04. The summed E-state index contributed by atoms with van der Waals surface area (Å²) in [5.41, 5.74) is 3.35. The molecule has 0 radical (unpaired) electrons. The Kier molecular flexibility index (Phi) is 3.87. The zero-order valence-corrected chi connectivity index (χ0v) is 14.3. The summed E-state index contributed by atoms with van der Waals surface area (Å²) in [4.78, 5) is 26.4. The van der Waals surface area contributed by atoms with Crippen molar-refractivity contribution in [1.82, 2.24) is 19.9 Å². The molecular formula is C19H20N4O2. The predicted octanol–water partition coefficient (Wildman–Crippen LogP) is 2.87. The molecule has 1 fully saturated rings. The van der Waals surface area contributed by atoms with Crippen LogP contribution in [0.25, 0.3) is 10.9 Å². The second-order valence-corrected chi connectivity index (χ2v) is 6.48. The number of aromatic nitrogens is 3. The van der Waals surface area contributed by atoms with Crippen molar-refractivity contribution in [2.45, 2.75) is 26.4 Å². The number of nitrogens with zero attached hydrogens (tertiary/aromatic N) is 3. The van der Waals surface area contributed by atoms with Crippen LogP contribution in [0.15, 0.2) is 36.4 Å². The average Bonchev–Trinajstić information content (AvgIpc) is 3.19. The molecule has 6 nitrogen and oxygen atoms in total. The molecule has 1 N–H and O–H groups in total. The van der Waals surface area contributed by atoms with Crippen LogP contribution >= 0.6 is 0 Å². The van der Waals surface area contributed by atoms with Crippen molar-refractivity contribution < 1.29 is 9.53 Å². The highest BCUT2D eigenvalue weighted by atomic mass is 16.5. The van der Waals surface area contributed by atoms with Gasteiger partial charge in [-0.2, -0.15) is 0 Å². The quantitative estimate of drug-likeness (QED) is 0.798. The van der Waals surface area contributed by atoms with Crippen LogP contribution < -0.4 is 4.74 Å². The lowest BCUT2D eigenvalue weighted by Crippen LogP contribution is -2.31. The molecule has 1 aliphatic heterocycles. The first kappa shape index (κ1) is 15.6. The Morgan fingerprint density at radius 1 is 1.20 bits per heavy atom. The van der Waals surface area contributed by atoms with E-state index in [1.807, 2.05) is 55.1 Å². The van der Waals surface area contributed by atoms with Crippen molar-refractivity contribution in [2.75, 3.05) is 13.1 Å². The van der Waals surface area contributed by atoms with Crippen LogP contribution in [0, 0.1) is 13.8 Å². The molecule has 1 amide bonds. The van der Waals surface area contributed by atoms with E-state index in [-0.39, 0.29) is 12.0 Å². The lowest BCUT2D eigenvalue weighted by atomic mass is 10.2. The maximum absolute atomic E-state index is 12.7. The van der Waals surface area contributed by atoms with Gasteiger partial charge in [-0.25, -0.2) is 9.97 Å². The molecule has 2 aromatic heterocycles. The summed E-state index contributed by atoms with van der Waals surface area (Å²) in [5.74, 6) is 0.00337. The summed E-state index contributed by atoms with van der Waals surface area (Å²) in [6, 6.07) is 12.1. The van der Waals surface area contributed by atoms with Gasteiger partial charge in [-0.15, -0.1) is 0 Å². The monoisotopic (exact) mass is 336 g/mol. The van der Waals surface area contributed by atoms with Gasteiger partial charge in [-0.05, 0) is 32.0 Å². The second-order valence-electron chi connectivity index (χ2n) is 6.48. The number of ether oxygens (including phenoxy) is 1. The maximum Gasteiger partial charge on any atom is 0.317 e. The zero-order chi connectivity index (χ0) is 17.4. The molecule has 0 bridgehead atoms. The molecule has 1 unspecified atom stereocenters. The van der Waals surface area contributed by atoms with Gasteiger partial charge in [0.2, 0.25) is 0 Å². The van der Waals surface area contributed by atoms with Crippen molar-refractivity contribution in [1.29, 1.82) is 0 Å². The summed E-state index contributed by atoms with van der Waals surface area (Å²) in [6.45, 7) is 5.05. The van der Waals surface area contributed by atoms with Crippen LogP contribution in [0.1, 0.15) is 28.3 Å². The number of likely N-dealkylation sites (tertiary alicyclic amines) is 1. The number of nitrogens with one attached hydrogen (secondary N) is 1. The normalized spacial score (nSPS) is 17.2. The van der Waals surface area contributed by atoms with E-state index in [4.69, 9.17) is 4.74 Å². The lowest BCUT2D eigenvalue weighted by molar-refractivity contribution is 0.0764. The van der Waals surface area contributed by atoms with E-state index in [2.05, 4.69) is 15.0 Å². The number of rotatable bonds is 3. The molecule has 128 valence electrons. The van der Waals surface area contributed by atoms with E-state index < -0.39 is 0 Å². The molecule has 6 heteroatoms. The van der Waals surface area contributed by atoms with Gasteiger partial charge in [0.1, 0.15) is 11.8 Å². The Hall–Kier alpha value is -2.89. The third-order valence-corrected chi connectivity index (χ3v) is 4.43. The lowest BCUT2D eigenvalue weighted by Gasteiger charge is -2.16. The smallest absolute Gasteiger partial charge is 0.317 e. The maximum atomic E-state index is 12.7. The van der Waals surface area contributed by atoms with E-state index in [1.54, 1.807) is 0 Å². The largest absolute Gasteiger partial charge is 0.458 e. The molecule has 4 rings (SSSR count). The average molecular weight is 336 g/mol. The van der Waals surface area contributed by atoms with E-state index >= 15 is 0 Å². The number of benzene rings is 1. The minimum atomic E-state index is -0.0745. The first-order chi connectivity index (χ1) is 12.1. The first-order valence-electron chi connectivity index (χ1n) is 8.44. The topological polar surface area (TPSA) is 71.1 Å². The van der Waals surface area contributed by atoms with Crippen molar-refractivity contribution >= 4 is 16.8 Å². The Labute approximate surface area is 145 Å². The number of H-pyrrole nitrogens is 1. The van der Waals surface area contributed by atoms with Crippen LogP contribution in [-0.4, -0.2) is 45.0 Å². The van der Waals surface area contributed by atoms with Crippen molar-refractivity contribution in [3.63, 3.8) is 0 Å². The van der Waals surface area contributed by atoms with Crippen LogP contribution in [0.4, 0.5) is 0 Å². The van der Waals surface area contributed by atoms with Crippen molar-refractivity contribution in [3.05, 3.63) is 53.5 Å². The standard InChI is InChI=1S/C19H20N4O2/c1-12-9-13(2)21-19(20-12)25-15-7-8-23(11-15)18(24)17-10-14-5-3-4-6-16(14)22-17/h3-6,9-10,15,22H,7-8,11H2,1-2H3. The number of hydrogen-bond donors (Lipinski definition) is 1. The highest BCUT2D eigenvalue weighted by Crippen LogP contribution is 2.20. The van der Waals surface area contributed by atoms with Crippen LogP contribution in [0.5, 0.6) is 6.01 Å². The molecule has 0 saturated carbocycles. The van der Waals surface area contributed by atoms with Gasteiger partial charge in [0.15, 0.2) is 0 Å². The Morgan fingerprint density at radius 2 is 1.96 bits per heavy atom. The highest BCUT2D eigenvalue weighted by Gasteiger charge is 2.29. The number of fused-ring (bicyclic) bond motifs is 1.